The molecule has 6 heteroatoms. The third kappa shape index (κ3) is 4.01. The van der Waals surface area contributed by atoms with Crippen LogP contribution in [-0.2, 0) is 6.54 Å². The Morgan fingerprint density at radius 2 is 1.83 bits per heavy atom. The van der Waals surface area contributed by atoms with E-state index < -0.39 is 0 Å². The third-order valence-electron chi connectivity index (χ3n) is 4.95. The van der Waals surface area contributed by atoms with Crippen molar-refractivity contribution in [1.82, 2.24) is 19.9 Å². The Morgan fingerprint density at radius 3 is 2.59 bits per heavy atom. The lowest BCUT2D eigenvalue weighted by molar-refractivity contribution is 0.0932. The molecular formula is C23H21FN4O. The summed E-state index contributed by atoms with van der Waals surface area (Å²) in [5.41, 5.74) is 4.73. The number of amides is 1. The van der Waals surface area contributed by atoms with Crippen LogP contribution >= 0.6 is 0 Å². The first-order chi connectivity index (χ1) is 14.0. The van der Waals surface area contributed by atoms with Gasteiger partial charge in [0.05, 0.1) is 34.7 Å². The second kappa shape index (κ2) is 7.83. The summed E-state index contributed by atoms with van der Waals surface area (Å²) in [6.45, 7) is 4.18. The van der Waals surface area contributed by atoms with E-state index in [1.54, 1.807) is 24.5 Å². The lowest BCUT2D eigenvalue weighted by atomic mass is 10.1. The number of para-hydroxylation sites is 2. The first-order valence-electron chi connectivity index (χ1n) is 9.42. The van der Waals surface area contributed by atoms with Crippen molar-refractivity contribution in [2.45, 2.75) is 26.4 Å². The quantitative estimate of drug-likeness (QED) is 0.553. The maximum Gasteiger partial charge on any atom is 0.253 e. The van der Waals surface area contributed by atoms with Crippen molar-refractivity contribution >= 4 is 16.9 Å². The zero-order valence-corrected chi connectivity index (χ0v) is 16.3. The summed E-state index contributed by atoms with van der Waals surface area (Å²) >= 11 is 0. The molecule has 1 N–H and O–H groups in total. The molecule has 0 aliphatic heterocycles. The molecule has 29 heavy (non-hydrogen) atoms. The molecule has 0 aliphatic rings. The second-order valence-corrected chi connectivity index (χ2v) is 7.05. The van der Waals surface area contributed by atoms with Gasteiger partial charge in [-0.1, -0.05) is 24.3 Å². The molecule has 4 rings (SSSR count). The monoisotopic (exact) mass is 388 g/mol. The number of carbonyl (C=O) groups is 1. The molecule has 1 unspecified atom stereocenters. The van der Waals surface area contributed by atoms with E-state index >= 15 is 0 Å². The predicted octanol–water partition coefficient (Wildman–Crippen LogP) is 4.36. The summed E-state index contributed by atoms with van der Waals surface area (Å²) in [5.74, 6) is -0.528. The van der Waals surface area contributed by atoms with E-state index in [1.807, 2.05) is 48.7 Å². The maximum absolute atomic E-state index is 13.4. The van der Waals surface area contributed by atoms with E-state index in [0.717, 1.165) is 22.3 Å². The summed E-state index contributed by atoms with van der Waals surface area (Å²) in [6.07, 6.45) is 1.76. The molecule has 1 amide bonds. The van der Waals surface area contributed by atoms with Gasteiger partial charge in [-0.15, -0.1) is 0 Å². The van der Waals surface area contributed by atoms with Gasteiger partial charge in [-0.2, -0.15) is 0 Å². The highest BCUT2D eigenvalue weighted by Gasteiger charge is 2.19. The molecule has 0 fully saturated rings. The normalized spacial score (nSPS) is 12.1. The fourth-order valence-electron chi connectivity index (χ4n) is 3.44. The van der Waals surface area contributed by atoms with Gasteiger partial charge in [0.25, 0.3) is 5.91 Å². The number of pyridine rings is 1. The van der Waals surface area contributed by atoms with Crippen LogP contribution < -0.4 is 5.32 Å². The van der Waals surface area contributed by atoms with Gasteiger partial charge in [-0.05, 0) is 55.8 Å². The Bertz CT molecular complexity index is 1170. The molecule has 2 aromatic heterocycles. The molecule has 5 nitrogen and oxygen atoms in total. The minimum atomic E-state index is -0.360. The van der Waals surface area contributed by atoms with Crippen LogP contribution in [0.3, 0.4) is 0 Å². The predicted molar refractivity (Wildman–Crippen MR) is 110 cm³/mol. The van der Waals surface area contributed by atoms with Crippen LogP contribution in [0.25, 0.3) is 11.0 Å². The van der Waals surface area contributed by atoms with Crippen LogP contribution in [0.15, 0.2) is 67.0 Å². The molecular weight excluding hydrogens is 367 g/mol. The van der Waals surface area contributed by atoms with Crippen LogP contribution in [0, 0.1) is 19.7 Å². The van der Waals surface area contributed by atoms with Gasteiger partial charge in [0.2, 0.25) is 0 Å². The fourth-order valence-corrected chi connectivity index (χ4v) is 3.44. The number of fused-ring (bicyclic) bond motifs is 1. The van der Waals surface area contributed by atoms with Gasteiger partial charge in [-0.3, -0.25) is 9.78 Å². The Hall–Kier alpha value is -3.54. The van der Waals surface area contributed by atoms with E-state index in [1.165, 1.54) is 12.1 Å². The van der Waals surface area contributed by atoms with Crippen molar-refractivity contribution in [2.75, 3.05) is 0 Å². The Labute approximate surface area is 168 Å². The molecule has 0 saturated carbocycles. The van der Waals surface area contributed by atoms with Crippen molar-refractivity contribution in [3.8, 4) is 0 Å². The van der Waals surface area contributed by atoms with Gasteiger partial charge in [0, 0.05) is 12.2 Å². The first kappa shape index (κ1) is 18.8. The second-order valence-electron chi connectivity index (χ2n) is 7.05. The van der Waals surface area contributed by atoms with Crippen LogP contribution in [0.5, 0.6) is 0 Å². The molecule has 4 aromatic rings. The number of hydrogen-bond acceptors (Lipinski definition) is 3. The highest BCUT2D eigenvalue weighted by atomic mass is 19.1. The van der Waals surface area contributed by atoms with E-state index in [4.69, 9.17) is 0 Å². The Kier molecular flexibility index (Phi) is 5.08. The lowest BCUT2D eigenvalue weighted by Gasteiger charge is -2.21. The van der Waals surface area contributed by atoms with Crippen molar-refractivity contribution < 1.29 is 9.18 Å². The van der Waals surface area contributed by atoms with Gasteiger partial charge < -0.3 is 9.88 Å². The van der Waals surface area contributed by atoms with Crippen LogP contribution in [0.4, 0.5) is 4.39 Å². The smallest absolute Gasteiger partial charge is 0.253 e. The average Bonchev–Trinajstić information content (AvgIpc) is 3.11. The zero-order valence-electron chi connectivity index (χ0n) is 16.3. The molecule has 0 saturated heterocycles. The average molecular weight is 388 g/mol. The van der Waals surface area contributed by atoms with Gasteiger partial charge in [0.15, 0.2) is 0 Å². The van der Waals surface area contributed by atoms with Crippen LogP contribution in [-0.4, -0.2) is 20.4 Å². The fraction of sp³-hybridized carbons (Fsp3) is 0.174. The van der Waals surface area contributed by atoms with E-state index in [2.05, 4.69) is 15.3 Å². The summed E-state index contributed by atoms with van der Waals surface area (Å²) < 4.78 is 15.4. The Morgan fingerprint density at radius 1 is 1.07 bits per heavy atom. The molecule has 146 valence electrons. The number of hydrogen-bond donors (Lipinski definition) is 1. The number of carbonyl (C=O) groups excluding carboxylic acids is 1. The van der Waals surface area contributed by atoms with Crippen molar-refractivity contribution in [3.05, 3.63) is 95.3 Å². The molecule has 1 atom stereocenters. The molecule has 0 spiro atoms. The molecule has 0 radical (unpaired) electrons. The molecule has 0 aliphatic carbocycles. The number of nitrogens with one attached hydrogen (secondary N) is 1. The van der Waals surface area contributed by atoms with E-state index in [9.17, 15) is 9.18 Å². The summed E-state index contributed by atoms with van der Waals surface area (Å²) in [7, 11) is 0. The summed E-state index contributed by atoms with van der Waals surface area (Å²) in [4.78, 5) is 21.8. The SMILES string of the molecule is Cc1ccc(C(=O)NC(Cn2cnc3ccccc32)c2ccc(F)cc2)c(C)n1. The molecule has 2 heterocycles. The first-order valence-corrected chi connectivity index (χ1v) is 9.42. The lowest BCUT2D eigenvalue weighted by Crippen LogP contribution is -2.32. The number of nitrogens with zero attached hydrogens (tertiary/aromatic N) is 3. The molecule has 0 bridgehead atoms. The summed E-state index contributed by atoms with van der Waals surface area (Å²) in [6, 6.07) is 17.2. The maximum atomic E-state index is 13.4. The number of benzene rings is 2. The Balaban J connectivity index is 1.66. The number of aromatic nitrogens is 3. The number of imidazole rings is 1. The van der Waals surface area contributed by atoms with Crippen LogP contribution in [0.1, 0.15) is 33.4 Å². The highest BCUT2D eigenvalue weighted by molar-refractivity contribution is 5.95. The largest absolute Gasteiger partial charge is 0.343 e. The van der Waals surface area contributed by atoms with Crippen molar-refractivity contribution in [3.63, 3.8) is 0 Å². The zero-order chi connectivity index (χ0) is 20.4. The topological polar surface area (TPSA) is 59.8 Å². The van der Waals surface area contributed by atoms with Gasteiger partial charge in [0.1, 0.15) is 5.82 Å². The number of rotatable bonds is 5. The number of aryl methyl sites for hydroxylation is 2. The standard InChI is InChI=1S/C23H21FN4O/c1-15-7-12-19(16(2)26-15)23(29)27-21(17-8-10-18(24)11-9-17)13-28-14-25-20-5-3-4-6-22(20)28/h3-12,14,21H,13H2,1-2H3,(H,27,29). The van der Waals surface area contributed by atoms with E-state index in [-0.39, 0.29) is 17.8 Å². The summed E-state index contributed by atoms with van der Waals surface area (Å²) in [5, 5.41) is 3.08. The van der Waals surface area contributed by atoms with E-state index in [0.29, 0.717) is 17.8 Å². The minimum absolute atomic E-state index is 0.214. The highest BCUT2D eigenvalue weighted by Crippen LogP contribution is 2.21. The van der Waals surface area contributed by atoms with Crippen molar-refractivity contribution in [2.24, 2.45) is 0 Å². The molecule has 2 aromatic carbocycles. The number of halogens is 1. The minimum Gasteiger partial charge on any atom is -0.343 e. The van der Waals surface area contributed by atoms with Gasteiger partial charge in [-0.25, -0.2) is 9.37 Å². The van der Waals surface area contributed by atoms with Crippen molar-refractivity contribution in [1.29, 1.82) is 0 Å². The third-order valence-corrected chi connectivity index (χ3v) is 4.95. The van der Waals surface area contributed by atoms with Gasteiger partial charge >= 0.3 is 0 Å². The van der Waals surface area contributed by atoms with Crippen LogP contribution in [0.2, 0.25) is 0 Å².